The van der Waals surface area contributed by atoms with Crippen LogP contribution in [0.15, 0.2) is 24.3 Å². The Bertz CT molecular complexity index is 615. The van der Waals surface area contributed by atoms with Gasteiger partial charge in [0.25, 0.3) is 0 Å². The average Bonchev–Trinajstić information content (AvgIpc) is 2.53. The molecule has 0 unspecified atom stereocenters. The average molecular weight is 359 g/mol. The molecule has 2 rings (SSSR count). The molecule has 0 radical (unpaired) electrons. The van der Waals surface area contributed by atoms with Crippen molar-refractivity contribution in [3.05, 3.63) is 35.4 Å². The Morgan fingerprint density at radius 2 is 1.96 bits per heavy atom. The molecule has 1 aliphatic heterocycles. The monoisotopic (exact) mass is 359 g/mol. The Labute approximate surface area is 143 Å². The van der Waals surface area contributed by atoms with Crippen LogP contribution in [0.2, 0.25) is 0 Å². The number of amides is 1. The van der Waals surface area contributed by atoms with Crippen molar-refractivity contribution in [2.75, 3.05) is 19.7 Å². The first-order valence-corrected chi connectivity index (χ1v) is 7.95. The molecule has 138 valence electrons. The van der Waals surface area contributed by atoms with E-state index < -0.39 is 29.7 Å². The molecule has 0 bridgehead atoms. The van der Waals surface area contributed by atoms with E-state index in [0.29, 0.717) is 18.5 Å². The quantitative estimate of drug-likeness (QED) is 0.878. The number of ether oxygens (including phenoxy) is 1. The van der Waals surface area contributed by atoms with Gasteiger partial charge in [0, 0.05) is 19.0 Å². The third kappa shape index (κ3) is 5.45. The lowest BCUT2D eigenvalue weighted by molar-refractivity contribution is -0.149. The van der Waals surface area contributed by atoms with Crippen LogP contribution in [-0.4, -0.2) is 47.7 Å². The lowest BCUT2D eigenvalue weighted by Gasteiger charge is -2.34. The highest BCUT2D eigenvalue weighted by atomic mass is 19.4. The molecule has 0 aliphatic carbocycles. The molecule has 0 spiro atoms. The second-order valence-electron chi connectivity index (χ2n) is 6.17. The van der Waals surface area contributed by atoms with E-state index in [-0.39, 0.29) is 25.5 Å². The molecule has 0 saturated carbocycles. The van der Waals surface area contributed by atoms with Crippen LogP contribution >= 0.6 is 0 Å². The van der Waals surface area contributed by atoms with Crippen molar-refractivity contribution in [3.8, 4) is 0 Å². The van der Waals surface area contributed by atoms with E-state index in [1.807, 2.05) is 0 Å². The number of aliphatic carboxylic acids is 1. The van der Waals surface area contributed by atoms with Crippen LogP contribution in [0.1, 0.15) is 24.5 Å². The van der Waals surface area contributed by atoms with Crippen molar-refractivity contribution >= 4 is 11.9 Å². The summed E-state index contributed by atoms with van der Waals surface area (Å²) in [4.78, 5) is 24.8. The van der Waals surface area contributed by atoms with Gasteiger partial charge in [-0.25, -0.2) is 0 Å². The van der Waals surface area contributed by atoms with E-state index in [1.54, 1.807) is 11.8 Å². The predicted molar refractivity (Wildman–Crippen MR) is 82.9 cm³/mol. The largest absolute Gasteiger partial charge is 0.481 e. The highest BCUT2D eigenvalue weighted by molar-refractivity contribution is 5.79. The minimum Gasteiger partial charge on any atom is -0.481 e. The normalized spacial score (nSPS) is 19.5. The highest BCUT2D eigenvalue weighted by Gasteiger charge is 2.31. The number of alkyl halides is 3. The summed E-state index contributed by atoms with van der Waals surface area (Å²) in [5.74, 6) is -1.56. The number of morpholine rings is 1. The molecule has 1 aromatic rings. The lowest BCUT2D eigenvalue weighted by Crippen LogP contribution is -2.48. The number of carbonyl (C=O) groups excluding carboxylic acids is 1. The molecule has 1 aliphatic rings. The molecule has 1 N–H and O–H groups in total. The third-order valence-electron chi connectivity index (χ3n) is 4.10. The Hall–Kier alpha value is -2.09. The minimum absolute atomic E-state index is 0.154. The molecule has 2 atom stereocenters. The third-order valence-corrected chi connectivity index (χ3v) is 4.10. The Morgan fingerprint density at radius 3 is 2.52 bits per heavy atom. The summed E-state index contributed by atoms with van der Waals surface area (Å²) in [6, 6.07) is 4.76. The minimum atomic E-state index is -4.38. The van der Waals surface area contributed by atoms with Crippen molar-refractivity contribution in [3.63, 3.8) is 0 Å². The zero-order valence-electron chi connectivity index (χ0n) is 13.8. The fourth-order valence-corrected chi connectivity index (χ4v) is 2.82. The number of halogens is 3. The molecule has 1 heterocycles. The molecule has 1 fully saturated rings. The summed E-state index contributed by atoms with van der Waals surface area (Å²) in [7, 11) is 0. The van der Waals surface area contributed by atoms with E-state index in [1.165, 1.54) is 12.1 Å². The molecule has 0 aromatic heterocycles. The molecule has 1 amide bonds. The summed E-state index contributed by atoms with van der Waals surface area (Å²) in [5, 5.41) is 8.81. The molecule has 1 aromatic carbocycles. The summed E-state index contributed by atoms with van der Waals surface area (Å²) in [6.45, 7) is 2.58. The number of carbonyl (C=O) groups is 2. The molecule has 1 saturated heterocycles. The maximum absolute atomic E-state index is 12.6. The lowest BCUT2D eigenvalue weighted by atomic mass is 9.98. The van der Waals surface area contributed by atoms with Gasteiger partial charge in [0.15, 0.2) is 0 Å². The Kier molecular flexibility index (Phi) is 6.05. The number of carboxylic acids is 1. The number of carboxylic acid groups (broad SMARTS) is 1. The van der Waals surface area contributed by atoms with Crippen LogP contribution in [0.5, 0.6) is 0 Å². The van der Waals surface area contributed by atoms with Gasteiger partial charge in [-0.2, -0.15) is 13.2 Å². The van der Waals surface area contributed by atoms with Crippen molar-refractivity contribution < 1.29 is 32.6 Å². The predicted octanol–water partition coefficient (Wildman–Crippen LogP) is 2.59. The fourth-order valence-electron chi connectivity index (χ4n) is 2.82. The van der Waals surface area contributed by atoms with Gasteiger partial charge in [0.05, 0.1) is 24.7 Å². The highest BCUT2D eigenvalue weighted by Crippen LogP contribution is 2.29. The van der Waals surface area contributed by atoms with Gasteiger partial charge in [-0.15, -0.1) is 0 Å². The van der Waals surface area contributed by atoms with Gasteiger partial charge in [0.1, 0.15) is 0 Å². The van der Waals surface area contributed by atoms with Crippen molar-refractivity contribution in [2.45, 2.75) is 32.0 Å². The van der Waals surface area contributed by atoms with Gasteiger partial charge in [-0.1, -0.05) is 19.1 Å². The fraction of sp³-hybridized carbons (Fsp3) is 0.529. The first-order chi connectivity index (χ1) is 11.7. The van der Waals surface area contributed by atoms with Gasteiger partial charge in [-0.3, -0.25) is 9.59 Å². The van der Waals surface area contributed by atoms with Gasteiger partial charge in [-0.05, 0) is 24.1 Å². The smallest absolute Gasteiger partial charge is 0.416 e. The number of rotatable bonds is 5. The van der Waals surface area contributed by atoms with Crippen molar-refractivity contribution in [1.82, 2.24) is 4.90 Å². The van der Waals surface area contributed by atoms with Gasteiger partial charge < -0.3 is 14.7 Å². The summed E-state index contributed by atoms with van der Waals surface area (Å²) < 4.78 is 43.0. The second kappa shape index (κ2) is 7.86. The van der Waals surface area contributed by atoms with Crippen LogP contribution in [0.25, 0.3) is 0 Å². The van der Waals surface area contributed by atoms with Crippen molar-refractivity contribution in [1.29, 1.82) is 0 Å². The van der Waals surface area contributed by atoms with E-state index in [0.717, 1.165) is 12.1 Å². The summed E-state index contributed by atoms with van der Waals surface area (Å²) >= 11 is 0. The zero-order chi connectivity index (χ0) is 18.6. The van der Waals surface area contributed by atoms with E-state index >= 15 is 0 Å². The Balaban J connectivity index is 1.94. The van der Waals surface area contributed by atoms with E-state index in [2.05, 4.69) is 0 Å². The maximum Gasteiger partial charge on any atom is 0.416 e. The molecular weight excluding hydrogens is 339 g/mol. The van der Waals surface area contributed by atoms with Crippen LogP contribution in [-0.2, 0) is 26.9 Å². The molecule has 25 heavy (non-hydrogen) atoms. The first-order valence-electron chi connectivity index (χ1n) is 7.95. The molecular formula is C17H20F3NO4. The van der Waals surface area contributed by atoms with Crippen LogP contribution in [0, 0.1) is 5.92 Å². The van der Waals surface area contributed by atoms with Crippen LogP contribution in [0.4, 0.5) is 13.2 Å². The number of hydrogen-bond donors (Lipinski definition) is 1. The molecule has 8 heteroatoms. The number of hydrogen-bond acceptors (Lipinski definition) is 3. The maximum atomic E-state index is 12.6. The molecule has 5 nitrogen and oxygen atoms in total. The van der Waals surface area contributed by atoms with E-state index in [4.69, 9.17) is 9.84 Å². The standard InChI is InChI=1S/C17H20F3NO4/c1-11(8-12-2-4-13(5-3-12)17(18,19)20)16(24)21-6-7-25-14(10-21)9-15(22)23/h2-5,11,14H,6-10H2,1H3,(H,22,23)/t11-,14-/m0/s1. The SMILES string of the molecule is C[C@@H](Cc1ccc(C(F)(F)F)cc1)C(=O)N1CCO[C@@H](CC(=O)O)C1. The van der Waals surface area contributed by atoms with Crippen LogP contribution in [0.3, 0.4) is 0 Å². The van der Waals surface area contributed by atoms with Crippen LogP contribution < -0.4 is 0 Å². The van der Waals surface area contributed by atoms with E-state index in [9.17, 15) is 22.8 Å². The first kappa shape index (κ1) is 19.2. The second-order valence-corrected chi connectivity index (χ2v) is 6.17. The van der Waals surface area contributed by atoms with Crippen molar-refractivity contribution in [2.24, 2.45) is 5.92 Å². The van der Waals surface area contributed by atoms with Gasteiger partial charge in [0.2, 0.25) is 5.91 Å². The summed E-state index contributed by atoms with van der Waals surface area (Å²) in [5.41, 5.74) is -0.0795. The topological polar surface area (TPSA) is 66.8 Å². The number of nitrogens with zero attached hydrogens (tertiary/aromatic N) is 1. The van der Waals surface area contributed by atoms with Gasteiger partial charge >= 0.3 is 12.1 Å². The zero-order valence-corrected chi connectivity index (χ0v) is 13.8. The Morgan fingerprint density at radius 1 is 1.32 bits per heavy atom. The summed E-state index contributed by atoms with van der Waals surface area (Å²) in [6.07, 6.45) is -4.77. The number of benzene rings is 1.